The molecule has 0 aromatic heterocycles. The highest BCUT2D eigenvalue weighted by atomic mass is 32.1. The second kappa shape index (κ2) is 7.56. The van der Waals surface area contributed by atoms with Gasteiger partial charge in [0.05, 0.1) is 0 Å². The van der Waals surface area contributed by atoms with Crippen LogP contribution in [0.25, 0.3) is 11.1 Å². The summed E-state index contributed by atoms with van der Waals surface area (Å²) in [4.78, 5) is 1.06. The molecule has 3 aromatic carbocycles. The van der Waals surface area contributed by atoms with E-state index in [4.69, 9.17) is 0 Å². The number of hydrogen-bond donors (Lipinski definition) is 1. The van der Waals surface area contributed by atoms with Gasteiger partial charge >= 0.3 is 0 Å². The van der Waals surface area contributed by atoms with Crippen LogP contribution in [0.1, 0.15) is 5.56 Å². The number of rotatable bonds is 1. The Bertz CT molecular complexity index is 572. The smallest absolute Gasteiger partial charge is 0.00692 e. The standard InChI is InChI=1S/C12H10.C7H8S/c1-3-7-11(8-4-1)12-9-5-2-6-10-12;1-6-4-2-3-5-7(6)8/h1-10H;2-5,8H,1H3. The quantitative estimate of drug-likeness (QED) is 0.547. The average Bonchev–Trinajstić information content (AvgIpc) is 2.53. The fourth-order valence-corrected chi connectivity index (χ4v) is 1.99. The zero-order valence-electron chi connectivity index (χ0n) is 11.5. The molecule has 3 rings (SSSR count). The van der Waals surface area contributed by atoms with Crippen LogP contribution in [0.3, 0.4) is 0 Å². The molecule has 0 N–H and O–H groups in total. The van der Waals surface area contributed by atoms with Gasteiger partial charge in [-0.25, -0.2) is 0 Å². The molecule has 0 atom stereocenters. The second-order valence-electron chi connectivity index (χ2n) is 4.52. The molecule has 0 unspecified atom stereocenters. The molecule has 0 radical (unpaired) electrons. The predicted molar refractivity (Wildman–Crippen MR) is 90.3 cm³/mol. The maximum atomic E-state index is 4.20. The van der Waals surface area contributed by atoms with Gasteiger partial charge < -0.3 is 0 Å². The van der Waals surface area contributed by atoms with Crippen LogP contribution in [0, 0.1) is 6.92 Å². The van der Waals surface area contributed by atoms with E-state index in [0.29, 0.717) is 0 Å². The first-order chi connectivity index (χ1) is 9.77. The van der Waals surface area contributed by atoms with Crippen molar-refractivity contribution >= 4 is 12.6 Å². The topological polar surface area (TPSA) is 0 Å². The maximum Gasteiger partial charge on any atom is 0.00692 e. The molecular weight excluding hydrogens is 260 g/mol. The minimum absolute atomic E-state index is 1.06. The van der Waals surface area contributed by atoms with Crippen LogP contribution in [-0.2, 0) is 0 Å². The summed E-state index contributed by atoms with van der Waals surface area (Å²) in [5.41, 5.74) is 3.78. The number of thiol groups is 1. The highest BCUT2D eigenvalue weighted by Gasteiger charge is 1.91. The first-order valence-electron chi connectivity index (χ1n) is 6.62. The largest absolute Gasteiger partial charge is 0.143 e. The van der Waals surface area contributed by atoms with E-state index in [-0.39, 0.29) is 0 Å². The number of hydrogen-bond acceptors (Lipinski definition) is 1. The summed E-state index contributed by atoms with van der Waals surface area (Å²) in [6, 6.07) is 28.8. The number of aryl methyl sites for hydroxylation is 1. The van der Waals surface area contributed by atoms with Gasteiger partial charge in [-0.05, 0) is 29.7 Å². The maximum absolute atomic E-state index is 4.20. The van der Waals surface area contributed by atoms with Crippen molar-refractivity contribution < 1.29 is 0 Å². The molecule has 20 heavy (non-hydrogen) atoms. The monoisotopic (exact) mass is 278 g/mol. The van der Waals surface area contributed by atoms with Crippen molar-refractivity contribution in [3.8, 4) is 11.1 Å². The summed E-state index contributed by atoms with van der Waals surface area (Å²) >= 11 is 4.20. The summed E-state index contributed by atoms with van der Waals surface area (Å²) in [5.74, 6) is 0. The Kier molecular flexibility index (Phi) is 5.45. The molecule has 0 saturated heterocycles. The van der Waals surface area contributed by atoms with Crippen LogP contribution in [0.5, 0.6) is 0 Å². The highest BCUT2D eigenvalue weighted by Crippen LogP contribution is 2.17. The van der Waals surface area contributed by atoms with Crippen LogP contribution in [0.15, 0.2) is 89.8 Å². The first kappa shape index (κ1) is 14.4. The summed E-state index contributed by atoms with van der Waals surface area (Å²) in [5, 5.41) is 0. The zero-order valence-corrected chi connectivity index (χ0v) is 12.4. The summed E-state index contributed by atoms with van der Waals surface area (Å²) in [6.45, 7) is 2.04. The Morgan fingerprint density at radius 3 is 1.30 bits per heavy atom. The van der Waals surface area contributed by atoms with E-state index in [1.807, 2.05) is 43.3 Å². The normalized spacial score (nSPS) is 9.50. The molecule has 0 saturated carbocycles. The van der Waals surface area contributed by atoms with Crippen molar-refractivity contribution in [3.05, 3.63) is 90.5 Å². The fraction of sp³-hybridized carbons (Fsp3) is 0.0526. The average molecular weight is 278 g/mol. The molecule has 100 valence electrons. The molecule has 0 amide bonds. The van der Waals surface area contributed by atoms with E-state index in [0.717, 1.165) is 4.90 Å². The summed E-state index contributed by atoms with van der Waals surface area (Å²) in [7, 11) is 0. The lowest BCUT2D eigenvalue weighted by Crippen LogP contribution is -1.73. The Morgan fingerprint density at radius 1 is 0.550 bits per heavy atom. The molecule has 0 spiro atoms. The van der Waals surface area contributed by atoms with E-state index in [2.05, 4.69) is 61.2 Å². The van der Waals surface area contributed by atoms with E-state index in [9.17, 15) is 0 Å². The van der Waals surface area contributed by atoms with E-state index >= 15 is 0 Å². The van der Waals surface area contributed by atoms with E-state index in [1.54, 1.807) is 0 Å². The van der Waals surface area contributed by atoms with Gasteiger partial charge in [-0.3, -0.25) is 0 Å². The van der Waals surface area contributed by atoms with E-state index < -0.39 is 0 Å². The molecule has 0 aliphatic carbocycles. The lowest BCUT2D eigenvalue weighted by molar-refractivity contribution is 1.31. The van der Waals surface area contributed by atoms with Crippen molar-refractivity contribution in [1.29, 1.82) is 0 Å². The third-order valence-corrected chi connectivity index (χ3v) is 3.50. The molecule has 0 aliphatic heterocycles. The van der Waals surface area contributed by atoms with Gasteiger partial charge in [0.2, 0.25) is 0 Å². The van der Waals surface area contributed by atoms with Crippen LogP contribution >= 0.6 is 12.6 Å². The van der Waals surface area contributed by atoms with Gasteiger partial charge in [-0.2, -0.15) is 0 Å². The molecule has 0 fully saturated rings. The van der Waals surface area contributed by atoms with Gasteiger partial charge in [-0.15, -0.1) is 12.6 Å². The Hall–Kier alpha value is -1.99. The van der Waals surface area contributed by atoms with Crippen LogP contribution in [0.2, 0.25) is 0 Å². The summed E-state index contributed by atoms with van der Waals surface area (Å²) in [6.07, 6.45) is 0. The zero-order chi connectivity index (χ0) is 14.2. The van der Waals surface area contributed by atoms with Gasteiger partial charge in [0.25, 0.3) is 0 Å². The highest BCUT2D eigenvalue weighted by molar-refractivity contribution is 7.80. The van der Waals surface area contributed by atoms with Crippen LogP contribution in [-0.4, -0.2) is 0 Å². The minimum atomic E-state index is 1.06. The molecule has 3 aromatic rings. The van der Waals surface area contributed by atoms with Gasteiger partial charge in [0.1, 0.15) is 0 Å². The molecule has 0 nitrogen and oxygen atoms in total. The lowest BCUT2D eigenvalue weighted by Gasteiger charge is -1.98. The van der Waals surface area contributed by atoms with Gasteiger partial charge in [0, 0.05) is 4.90 Å². The Morgan fingerprint density at radius 2 is 0.950 bits per heavy atom. The van der Waals surface area contributed by atoms with Crippen molar-refractivity contribution in [2.45, 2.75) is 11.8 Å². The second-order valence-corrected chi connectivity index (χ2v) is 5.00. The Labute approximate surface area is 126 Å². The van der Waals surface area contributed by atoms with Crippen molar-refractivity contribution in [2.75, 3.05) is 0 Å². The molecule has 0 heterocycles. The lowest BCUT2D eigenvalue weighted by atomic mass is 10.1. The first-order valence-corrected chi connectivity index (χ1v) is 7.07. The van der Waals surface area contributed by atoms with Crippen LogP contribution in [0.4, 0.5) is 0 Å². The van der Waals surface area contributed by atoms with Crippen molar-refractivity contribution in [2.24, 2.45) is 0 Å². The minimum Gasteiger partial charge on any atom is -0.143 e. The van der Waals surface area contributed by atoms with Gasteiger partial charge in [-0.1, -0.05) is 78.9 Å². The summed E-state index contributed by atoms with van der Waals surface area (Å²) < 4.78 is 0. The van der Waals surface area contributed by atoms with Crippen LogP contribution < -0.4 is 0 Å². The Balaban J connectivity index is 0.000000160. The van der Waals surface area contributed by atoms with Crippen molar-refractivity contribution in [1.82, 2.24) is 0 Å². The third-order valence-electron chi connectivity index (χ3n) is 3.00. The number of benzene rings is 3. The molecular formula is C19H18S. The molecule has 0 aliphatic rings. The molecule has 0 bridgehead atoms. The predicted octanol–water partition coefficient (Wildman–Crippen LogP) is 5.64. The van der Waals surface area contributed by atoms with E-state index in [1.165, 1.54) is 16.7 Å². The third kappa shape index (κ3) is 4.29. The van der Waals surface area contributed by atoms with Gasteiger partial charge in [0.15, 0.2) is 0 Å². The fourth-order valence-electron chi connectivity index (χ4n) is 1.82. The van der Waals surface area contributed by atoms with Crippen molar-refractivity contribution in [3.63, 3.8) is 0 Å². The molecule has 1 heteroatoms. The SMILES string of the molecule is Cc1ccccc1S.c1ccc(-c2ccccc2)cc1.